The summed E-state index contributed by atoms with van der Waals surface area (Å²) < 4.78 is 4.91. The van der Waals surface area contributed by atoms with Crippen molar-refractivity contribution in [2.24, 2.45) is 0 Å². The van der Waals surface area contributed by atoms with Crippen molar-refractivity contribution in [2.75, 3.05) is 51.3 Å². The average Bonchev–Trinajstić information content (AvgIpc) is 3.50. The first kappa shape index (κ1) is 23.5. The van der Waals surface area contributed by atoms with Gasteiger partial charge in [0, 0.05) is 43.8 Å². The number of likely N-dealkylation sites (tertiary alicyclic amines) is 1. The lowest BCUT2D eigenvalue weighted by Crippen LogP contribution is -2.58. The van der Waals surface area contributed by atoms with Gasteiger partial charge < -0.3 is 24.5 Å². The molecule has 0 radical (unpaired) electrons. The summed E-state index contributed by atoms with van der Waals surface area (Å²) in [7, 11) is 1.41. The summed E-state index contributed by atoms with van der Waals surface area (Å²) >= 11 is 0. The van der Waals surface area contributed by atoms with Gasteiger partial charge in [-0.2, -0.15) is 5.10 Å². The summed E-state index contributed by atoms with van der Waals surface area (Å²) in [6.45, 7) is 8.20. The highest BCUT2D eigenvalue weighted by Gasteiger charge is 2.34. The van der Waals surface area contributed by atoms with Gasteiger partial charge in [0.1, 0.15) is 16.7 Å². The third-order valence-electron chi connectivity index (χ3n) is 7.22. The van der Waals surface area contributed by atoms with E-state index in [1.54, 1.807) is 11.1 Å². The maximum absolute atomic E-state index is 12.0. The van der Waals surface area contributed by atoms with Crippen molar-refractivity contribution in [3.63, 3.8) is 0 Å². The first-order chi connectivity index (χ1) is 17.0. The Morgan fingerprint density at radius 1 is 1.17 bits per heavy atom. The molecule has 0 saturated carbocycles. The molecule has 5 rings (SSSR count). The molecule has 2 fully saturated rings. The molecular weight excluding hydrogens is 446 g/mol. The molecule has 4 heterocycles. The number of benzene rings is 1. The minimum atomic E-state index is -0.306. The lowest BCUT2D eigenvalue weighted by molar-refractivity contribution is 0.109. The zero-order valence-electron chi connectivity index (χ0n) is 20.5. The Bertz CT molecular complexity index is 1170. The second-order valence-corrected chi connectivity index (χ2v) is 9.62. The number of aromatic amines is 1. The van der Waals surface area contributed by atoms with E-state index in [1.807, 2.05) is 0 Å². The molecule has 10 nitrogen and oxygen atoms in total. The normalized spacial score (nSPS) is 23.3. The number of nitrogens with one attached hydrogen (secondary N) is 1. The standard InChI is InChI=1S/C25H33N7O3/c1-16-13-31(25(34)35-3)14-17(2)32(16)24-26-12-21-23(27-24)22(29-28-21)19-6-4-18(5-7-19)20-8-9-30(15-20)10-11-33/h4-7,12,16-17,20,33H,8-11,13-15H2,1-3H3,(H,28,29)/t16-,17+,20?. The molecule has 2 N–H and O–H groups in total. The number of amides is 1. The summed E-state index contributed by atoms with van der Waals surface area (Å²) in [6, 6.07) is 8.68. The van der Waals surface area contributed by atoms with Crippen molar-refractivity contribution >= 4 is 23.1 Å². The lowest BCUT2D eigenvalue weighted by atomic mass is 9.96. The molecule has 35 heavy (non-hydrogen) atoms. The molecule has 2 aliphatic rings. The third kappa shape index (κ3) is 4.55. The van der Waals surface area contributed by atoms with Crippen LogP contribution in [0.4, 0.5) is 10.7 Å². The second-order valence-electron chi connectivity index (χ2n) is 9.62. The van der Waals surface area contributed by atoms with Crippen LogP contribution in [-0.4, -0.2) is 99.7 Å². The van der Waals surface area contributed by atoms with Crippen LogP contribution in [0.5, 0.6) is 0 Å². The van der Waals surface area contributed by atoms with E-state index in [0.717, 1.165) is 48.3 Å². The van der Waals surface area contributed by atoms with E-state index in [0.29, 0.717) is 25.0 Å². The molecule has 186 valence electrons. The maximum atomic E-state index is 12.0. The van der Waals surface area contributed by atoms with Crippen LogP contribution in [0, 0.1) is 0 Å². The van der Waals surface area contributed by atoms with Gasteiger partial charge in [-0.1, -0.05) is 24.3 Å². The lowest BCUT2D eigenvalue weighted by Gasteiger charge is -2.43. The number of aliphatic hydroxyl groups is 1. The number of aliphatic hydroxyl groups excluding tert-OH is 1. The molecule has 3 atom stereocenters. The number of β-amino-alcohol motifs (C(OH)–C–C–N with tert-alkyl or cyclic N) is 1. The van der Waals surface area contributed by atoms with Gasteiger partial charge >= 0.3 is 6.09 Å². The number of aromatic nitrogens is 4. The summed E-state index contributed by atoms with van der Waals surface area (Å²) in [5, 5.41) is 16.8. The minimum absolute atomic E-state index is 0.0433. The van der Waals surface area contributed by atoms with Crippen LogP contribution < -0.4 is 4.90 Å². The van der Waals surface area contributed by atoms with Gasteiger partial charge in [0.25, 0.3) is 0 Å². The maximum Gasteiger partial charge on any atom is 0.409 e. The Kier molecular flexibility index (Phi) is 6.57. The Balaban J connectivity index is 1.38. The number of anilines is 1. The molecule has 0 aliphatic carbocycles. The minimum Gasteiger partial charge on any atom is -0.453 e. The van der Waals surface area contributed by atoms with Crippen LogP contribution >= 0.6 is 0 Å². The van der Waals surface area contributed by atoms with Crippen LogP contribution in [0.1, 0.15) is 31.7 Å². The molecule has 2 saturated heterocycles. The third-order valence-corrected chi connectivity index (χ3v) is 7.22. The fourth-order valence-corrected chi connectivity index (χ4v) is 5.49. The Morgan fingerprint density at radius 3 is 2.60 bits per heavy atom. The van der Waals surface area contributed by atoms with Gasteiger partial charge in [0.15, 0.2) is 0 Å². The summed E-state index contributed by atoms with van der Waals surface area (Å²) in [6.07, 6.45) is 2.59. The smallest absolute Gasteiger partial charge is 0.409 e. The predicted molar refractivity (Wildman–Crippen MR) is 133 cm³/mol. The van der Waals surface area contributed by atoms with Crippen LogP contribution in [0.15, 0.2) is 30.5 Å². The Morgan fingerprint density at radius 2 is 1.91 bits per heavy atom. The van der Waals surface area contributed by atoms with Crippen molar-refractivity contribution in [3.05, 3.63) is 36.0 Å². The highest BCUT2D eigenvalue weighted by Crippen LogP contribution is 2.31. The number of hydrogen-bond acceptors (Lipinski definition) is 8. The quantitative estimate of drug-likeness (QED) is 0.574. The number of ether oxygens (including phenoxy) is 1. The van der Waals surface area contributed by atoms with Gasteiger partial charge in [-0.05, 0) is 38.3 Å². The predicted octanol–water partition coefficient (Wildman–Crippen LogP) is 2.47. The molecule has 1 aromatic carbocycles. The largest absolute Gasteiger partial charge is 0.453 e. The number of carbonyl (C=O) groups excluding carboxylic acids is 1. The van der Waals surface area contributed by atoms with E-state index in [4.69, 9.17) is 9.72 Å². The van der Waals surface area contributed by atoms with Crippen molar-refractivity contribution in [1.29, 1.82) is 0 Å². The fraction of sp³-hybridized carbons (Fsp3) is 0.520. The number of piperazine rings is 1. The molecule has 1 amide bonds. The molecule has 0 spiro atoms. The van der Waals surface area contributed by atoms with Crippen molar-refractivity contribution < 1.29 is 14.6 Å². The summed E-state index contributed by atoms with van der Waals surface area (Å²) in [5.41, 5.74) is 4.70. The molecule has 10 heteroatoms. The SMILES string of the molecule is COC(=O)N1C[C@@H](C)N(c2ncc3[nH]nc(-c4ccc(C5CCN(CCO)C5)cc4)c3n2)[C@@H](C)C1. The van der Waals surface area contributed by atoms with Gasteiger partial charge in [-0.25, -0.2) is 14.8 Å². The monoisotopic (exact) mass is 479 g/mol. The number of methoxy groups -OCH3 is 1. The number of H-pyrrole nitrogens is 1. The topological polar surface area (TPSA) is 111 Å². The van der Waals surface area contributed by atoms with E-state index in [2.05, 4.69) is 63.1 Å². The summed E-state index contributed by atoms with van der Waals surface area (Å²) in [4.78, 5) is 27.7. The van der Waals surface area contributed by atoms with Gasteiger partial charge in [-0.15, -0.1) is 0 Å². The van der Waals surface area contributed by atoms with Crippen LogP contribution in [0.3, 0.4) is 0 Å². The number of rotatable bonds is 5. The van der Waals surface area contributed by atoms with E-state index >= 15 is 0 Å². The molecule has 2 aliphatic heterocycles. The zero-order chi connectivity index (χ0) is 24.5. The molecular formula is C25H33N7O3. The van der Waals surface area contributed by atoms with Crippen molar-refractivity contribution in [3.8, 4) is 11.3 Å². The first-order valence-electron chi connectivity index (χ1n) is 12.2. The first-order valence-corrected chi connectivity index (χ1v) is 12.2. The summed E-state index contributed by atoms with van der Waals surface area (Å²) in [5.74, 6) is 1.13. The van der Waals surface area contributed by atoms with Crippen molar-refractivity contribution in [1.82, 2.24) is 30.0 Å². The number of fused-ring (bicyclic) bond motifs is 1. The number of hydrogen-bond donors (Lipinski definition) is 2. The van der Waals surface area contributed by atoms with Crippen LogP contribution in [-0.2, 0) is 4.74 Å². The van der Waals surface area contributed by atoms with Gasteiger partial charge in [0.2, 0.25) is 5.95 Å². The molecule has 1 unspecified atom stereocenters. The molecule has 2 aromatic heterocycles. The Hall–Kier alpha value is -3.24. The van der Waals surface area contributed by atoms with Gasteiger partial charge in [0.05, 0.1) is 19.9 Å². The molecule has 3 aromatic rings. The zero-order valence-corrected chi connectivity index (χ0v) is 20.5. The number of nitrogens with zero attached hydrogens (tertiary/aromatic N) is 6. The van der Waals surface area contributed by atoms with E-state index in [1.165, 1.54) is 12.7 Å². The van der Waals surface area contributed by atoms with E-state index in [9.17, 15) is 9.90 Å². The molecule has 0 bridgehead atoms. The average molecular weight is 480 g/mol. The fourth-order valence-electron chi connectivity index (χ4n) is 5.49. The second kappa shape index (κ2) is 9.79. The van der Waals surface area contributed by atoms with Gasteiger partial charge in [-0.3, -0.25) is 5.10 Å². The van der Waals surface area contributed by atoms with Crippen molar-refractivity contribution in [2.45, 2.75) is 38.3 Å². The van der Waals surface area contributed by atoms with Crippen LogP contribution in [0.2, 0.25) is 0 Å². The number of carbonyl (C=O) groups is 1. The highest BCUT2D eigenvalue weighted by molar-refractivity contribution is 5.89. The van der Waals surface area contributed by atoms with Crippen LogP contribution in [0.25, 0.3) is 22.3 Å². The van der Waals surface area contributed by atoms with E-state index < -0.39 is 0 Å². The highest BCUT2D eigenvalue weighted by atomic mass is 16.5. The Labute approximate surface area is 204 Å². The van der Waals surface area contributed by atoms with E-state index in [-0.39, 0.29) is 24.8 Å².